The zero-order chi connectivity index (χ0) is 14.7. The van der Waals surface area contributed by atoms with E-state index >= 15 is 0 Å². The van der Waals surface area contributed by atoms with E-state index in [1.54, 1.807) is 0 Å². The third-order valence-corrected chi connectivity index (χ3v) is 4.36. The Morgan fingerprint density at radius 1 is 1.00 bits per heavy atom. The maximum Gasteiger partial charge on any atom is 0.159 e. The molecule has 2 heteroatoms. The number of rotatable bonds is 2. The Morgan fingerprint density at radius 3 is 2.48 bits per heavy atom. The minimum absolute atomic E-state index is 0.184. The molecule has 0 spiro atoms. The van der Waals surface area contributed by atoms with Gasteiger partial charge in [-0.3, -0.25) is 4.79 Å². The minimum Gasteiger partial charge on any atom is -0.295 e. The maximum atomic E-state index is 12.4. The molecule has 0 bridgehead atoms. The molecular weight excluding hydrogens is 280 g/mol. The second-order valence-electron chi connectivity index (χ2n) is 5.40. The fourth-order valence-electron chi connectivity index (χ4n) is 2.93. The Morgan fingerprint density at radius 2 is 1.71 bits per heavy atom. The van der Waals surface area contributed by atoms with Crippen LogP contribution in [-0.4, -0.2) is 5.78 Å². The highest BCUT2D eigenvalue weighted by Crippen LogP contribution is 2.37. The lowest BCUT2D eigenvalue weighted by atomic mass is 9.78. The SMILES string of the molecule is O=C1CCC[C@@H](c2ccccc2)/C1=C/c1ccccc1Cl. The lowest BCUT2D eigenvalue weighted by Gasteiger charge is -2.25. The number of carbonyl (C=O) groups excluding carboxylic acids is 1. The summed E-state index contributed by atoms with van der Waals surface area (Å²) in [7, 11) is 0. The van der Waals surface area contributed by atoms with Gasteiger partial charge in [0.2, 0.25) is 0 Å². The molecule has 1 saturated carbocycles. The Labute approximate surface area is 130 Å². The van der Waals surface area contributed by atoms with Gasteiger partial charge < -0.3 is 0 Å². The monoisotopic (exact) mass is 296 g/mol. The number of carbonyl (C=O) groups is 1. The molecule has 106 valence electrons. The molecule has 0 aromatic heterocycles. The Balaban J connectivity index is 2.03. The standard InChI is InChI=1S/C19H17ClO/c20-18-11-5-4-9-15(18)13-17-16(10-6-12-19(17)21)14-7-2-1-3-8-14/h1-5,7-9,11,13,16H,6,10,12H2/b17-13-/t16-/m0/s1. The van der Waals surface area contributed by atoms with Crippen molar-refractivity contribution in [1.82, 2.24) is 0 Å². The van der Waals surface area contributed by atoms with Crippen LogP contribution in [0.4, 0.5) is 0 Å². The summed E-state index contributed by atoms with van der Waals surface area (Å²) in [4.78, 5) is 12.4. The molecule has 1 atom stereocenters. The lowest BCUT2D eigenvalue weighted by Crippen LogP contribution is -2.17. The molecule has 1 aliphatic carbocycles. The summed E-state index contributed by atoms with van der Waals surface area (Å²) in [5, 5.41) is 0.690. The van der Waals surface area contributed by atoms with Crippen molar-refractivity contribution in [3.8, 4) is 0 Å². The fraction of sp³-hybridized carbons (Fsp3) is 0.211. The van der Waals surface area contributed by atoms with Crippen LogP contribution in [0, 0.1) is 0 Å². The van der Waals surface area contributed by atoms with Crippen LogP contribution < -0.4 is 0 Å². The van der Waals surface area contributed by atoms with Gasteiger partial charge in [-0.2, -0.15) is 0 Å². The Bertz CT molecular complexity index is 673. The zero-order valence-electron chi connectivity index (χ0n) is 11.8. The van der Waals surface area contributed by atoms with Crippen LogP contribution in [0.1, 0.15) is 36.3 Å². The molecule has 0 saturated heterocycles. The zero-order valence-corrected chi connectivity index (χ0v) is 12.5. The van der Waals surface area contributed by atoms with E-state index in [1.807, 2.05) is 48.5 Å². The summed E-state index contributed by atoms with van der Waals surface area (Å²) >= 11 is 6.23. The van der Waals surface area contributed by atoms with Gasteiger partial charge in [-0.05, 0) is 36.1 Å². The Kier molecular flexibility index (Phi) is 4.21. The van der Waals surface area contributed by atoms with Crippen LogP contribution in [0.25, 0.3) is 6.08 Å². The summed E-state index contributed by atoms with van der Waals surface area (Å²) in [5.41, 5.74) is 3.02. The molecule has 1 fully saturated rings. The van der Waals surface area contributed by atoms with Crippen molar-refractivity contribution in [2.24, 2.45) is 0 Å². The topological polar surface area (TPSA) is 17.1 Å². The molecular formula is C19H17ClO. The average molecular weight is 297 g/mol. The van der Waals surface area contributed by atoms with Crippen molar-refractivity contribution in [2.45, 2.75) is 25.2 Å². The minimum atomic E-state index is 0.184. The summed E-state index contributed by atoms with van der Waals surface area (Å²) in [5.74, 6) is 0.429. The van der Waals surface area contributed by atoms with Gasteiger partial charge in [0.05, 0.1) is 0 Å². The van der Waals surface area contributed by atoms with Gasteiger partial charge in [-0.15, -0.1) is 0 Å². The van der Waals surface area contributed by atoms with Gasteiger partial charge in [-0.25, -0.2) is 0 Å². The smallest absolute Gasteiger partial charge is 0.159 e. The number of halogens is 1. The van der Waals surface area contributed by atoms with Crippen molar-refractivity contribution in [2.75, 3.05) is 0 Å². The van der Waals surface area contributed by atoms with Gasteiger partial charge in [0.15, 0.2) is 5.78 Å². The average Bonchev–Trinajstić information content (AvgIpc) is 2.52. The molecule has 21 heavy (non-hydrogen) atoms. The number of hydrogen-bond acceptors (Lipinski definition) is 1. The predicted molar refractivity (Wildman–Crippen MR) is 87.5 cm³/mol. The Hall–Kier alpha value is -1.86. The first-order valence-corrected chi connectivity index (χ1v) is 7.68. The van der Waals surface area contributed by atoms with Crippen LogP contribution in [0.15, 0.2) is 60.2 Å². The summed E-state index contributed by atoms with van der Waals surface area (Å²) in [6.45, 7) is 0. The maximum absolute atomic E-state index is 12.4. The number of Topliss-reactive ketones (excluding diaryl/α,β-unsaturated/α-hetero) is 1. The van der Waals surface area contributed by atoms with Gasteiger partial charge >= 0.3 is 0 Å². The third-order valence-electron chi connectivity index (χ3n) is 4.01. The van der Waals surface area contributed by atoms with E-state index in [9.17, 15) is 4.79 Å². The molecule has 3 rings (SSSR count). The molecule has 2 aromatic rings. The normalized spacial score (nSPS) is 20.7. The van der Waals surface area contributed by atoms with E-state index in [1.165, 1.54) is 5.56 Å². The van der Waals surface area contributed by atoms with Crippen LogP contribution in [-0.2, 0) is 4.79 Å². The van der Waals surface area contributed by atoms with Crippen molar-refractivity contribution in [3.63, 3.8) is 0 Å². The van der Waals surface area contributed by atoms with Gasteiger partial charge in [0.25, 0.3) is 0 Å². The fourth-order valence-corrected chi connectivity index (χ4v) is 3.12. The second-order valence-corrected chi connectivity index (χ2v) is 5.81. The molecule has 0 amide bonds. The summed E-state index contributed by atoms with van der Waals surface area (Å²) < 4.78 is 0. The molecule has 0 N–H and O–H groups in total. The van der Waals surface area contributed by atoms with E-state index in [4.69, 9.17) is 11.6 Å². The quantitative estimate of drug-likeness (QED) is 0.691. The van der Waals surface area contributed by atoms with Crippen LogP contribution in [0.5, 0.6) is 0 Å². The van der Waals surface area contributed by atoms with Crippen LogP contribution in [0.2, 0.25) is 5.02 Å². The van der Waals surface area contributed by atoms with Gasteiger partial charge in [0.1, 0.15) is 0 Å². The first-order valence-electron chi connectivity index (χ1n) is 7.30. The lowest BCUT2D eigenvalue weighted by molar-refractivity contribution is -0.116. The largest absolute Gasteiger partial charge is 0.295 e. The van der Waals surface area contributed by atoms with Crippen molar-refractivity contribution in [3.05, 3.63) is 76.3 Å². The number of benzene rings is 2. The van der Waals surface area contributed by atoms with Gasteiger partial charge in [0, 0.05) is 22.9 Å². The van der Waals surface area contributed by atoms with Crippen molar-refractivity contribution in [1.29, 1.82) is 0 Å². The molecule has 0 radical (unpaired) electrons. The predicted octanol–water partition coefficient (Wildman–Crippen LogP) is 5.26. The summed E-state index contributed by atoms with van der Waals surface area (Å²) in [6, 6.07) is 17.9. The first kappa shape index (κ1) is 14.1. The second kappa shape index (κ2) is 6.28. The van der Waals surface area contributed by atoms with Crippen LogP contribution >= 0.6 is 11.6 Å². The van der Waals surface area contributed by atoms with Crippen molar-refractivity contribution < 1.29 is 4.79 Å². The van der Waals surface area contributed by atoms with E-state index < -0.39 is 0 Å². The summed E-state index contributed by atoms with van der Waals surface area (Å²) in [6.07, 6.45) is 4.59. The molecule has 2 aromatic carbocycles. The van der Waals surface area contributed by atoms with E-state index in [-0.39, 0.29) is 11.7 Å². The number of ketones is 1. The number of hydrogen-bond donors (Lipinski definition) is 0. The van der Waals surface area contributed by atoms with E-state index in [2.05, 4.69) is 12.1 Å². The molecule has 0 aliphatic heterocycles. The van der Waals surface area contributed by atoms with Crippen molar-refractivity contribution >= 4 is 23.5 Å². The highest BCUT2D eigenvalue weighted by molar-refractivity contribution is 6.32. The molecule has 0 heterocycles. The molecule has 1 nitrogen and oxygen atoms in total. The molecule has 0 unspecified atom stereocenters. The van der Waals surface area contributed by atoms with E-state index in [0.717, 1.165) is 24.0 Å². The highest BCUT2D eigenvalue weighted by Gasteiger charge is 2.26. The highest BCUT2D eigenvalue weighted by atomic mass is 35.5. The van der Waals surface area contributed by atoms with E-state index in [0.29, 0.717) is 11.4 Å². The first-order chi connectivity index (χ1) is 10.3. The third kappa shape index (κ3) is 3.08. The van der Waals surface area contributed by atoms with Gasteiger partial charge in [-0.1, -0.05) is 60.1 Å². The molecule has 1 aliphatic rings. The van der Waals surface area contributed by atoms with Crippen LogP contribution in [0.3, 0.4) is 0 Å². The number of allylic oxidation sites excluding steroid dienone is 1.